The lowest BCUT2D eigenvalue weighted by Gasteiger charge is -2.07. The number of allylic oxidation sites excluding steroid dienone is 1. The van der Waals surface area contributed by atoms with E-state index in [1.54, 1.807) is 0 Å². The molecular formula is C13H26O. The van der Waals surface area contributed by atoms with Crippen LogP contribution >= 0.6 is 0 Å². The summed E-state index contributed by atoms with van der Waals surface area (Å²) in [5.41, 5.74) is 0. The van der Waals surface area contributed by atoms with Crippen molar-refractivity contribution in [1.29, 1.82) is 0 Å². The average molecular weight is 198 g/mol. The van der Waals surface area contributed by atoms with Gasteiger partial charge in [0.25, 0.3) is 0 Å². The predicted molar refractivity (Wildman–Crippen MR) is 63.4 cm³/mol. The SMILES string of the molecule is CC/C=C\C[C@@H](O)CCCCCCC. The Morgan fingerprint density at radius 1 is 1.00 bits per heavy atom. The van der Waals surface area contributed by atoms with Gasteiger partial charge >= 0.3 is 0 Å². The molecule has 0 bridgehead atoms. The zero-order chi connectivity index (χ0) is 10.6. The summed E-state index contributed by atoms with van der Waals surface area (Å²) in [7, 11) is 0. The van der Waals surface area contributed by atoms with Gasteiger partial charge in [0.2, 0.25) is 0 Å². The molecule has 0 amide bonds. The molecule has 0 aliphatic heterocycles. The van der Waals surface area contributed by atoms with Crippen molar-refractivity contribution in [2.45, 2.75) is 71.3 Å². The first-order valence-corrected chi connectivity index (χ1v) is 6.14. The third-order valence-electron chi connectivity index (χ3n) is 2.45. The minimum Gasteiger partial charge on any atom is -0.393 e. The number of aliphatic hydroxyl groups is 1. The van der Waals surface area contributed by atoms with E-state index in [1.165, 1.54) is 32.1 Å². The van der Waals surface area contributed by atoms with Crippen LogP contribution in [0.5, 0.6) is 0 Å². The van der Waals surface area contributed by atoms with Crippen LogP contribution in [0.2, 0.25) is 0 Å². The monoisotopic (exact) mass is 198 g/mol. The molecule has 1 atom stereocenters. The second-order valence-corrected chi connectivity index (χ2v) is 3.97. The van der Waals surface area contributed by atoms with E-state index >= 15 is 0 Å². The third-order valence-corrected chi connectivity index (χ3v) is 2.45. The molecule has 0 saturated carbocycles. The number of unbranched alkanes of at least 4 members (excludes halogenated alkanes) is 4. The van der Waals surface area contributed by atoms with Crippen molar-refractivity contribution in [3.05, 3.63) is 12.2 Å². The van der Waals surface area contributed by atoms with Crippen molar-refractivity contribution in [3.8, 4) is 0 Å². The first-order valence-electron chi connectivity index (χ1n) is 6.14. The van der Waals surface area contributed by atoms with Gasteiger partial charge in [0.1, 0.15) is 0 Å². The topological polar surface area (TPSA) is 20.2 Å². The zero-order valence-corrected chi connectivity index (χ0v) is 9.84. The summed E-state index contributed by atoms with van der Waals surface area (Å²) in [5.74, 6) is 0. The normalized spacial score (nSPS) is 13.6. The van der Waals surface area contributed by atoms with Crippen LogP contribution in [0.3, 0.4) is 0 Å². The molecule has 0 aromatic heterocycles. The second kappa shape index (κ2) is 10.8. The molecule has 84 valence electrons. The number of hydrogen-bond acceptors (Lipinski definition) is 1. The van der Waals surface area contributed by atoms with Gasteiger partial charge in [-0.15, -0.1) is 0 Å². The predicted octanol–water partition coefficient (Wildman–Crippen LogP) is 4.06. The van der Waals surface area contributed by atoms with Crippen LogP contribution in [0.4, 0.5) is 0 Å². The van der Waals surface area contributed by atoms with Crippen LogP contribution < -0.4 is 0 Å². The molecule has 0 aliphatic rings. The van der Waals surface area contributed by atoms with Crippen molar-refractivity contribution < 1.29 is 5.11 Å². The first kappa shape index (κ1) is 13.7. The Kier molecular flexibility index (Phi) is 10.5. The molecule has 0 rings (SSSR count). The fourth-order valence-electron chi connectivity index (χ4n) is 1.52. The first-order chi connectivity index (χ1) is 6.81. The van der Waals surface area contributed by atoms with Gasteiger partial charge in [0, 0.05) is 0 Å². The minimum absolute atomic E-state index is 0.112. The van der Waals surface area contributed by atoms with Crippen molar-refractivity contribution in [1.82, 2.24) is 0 Å². The van der Waals surface area contributed by atoms with Crippen LogP contribution in [0, 0.1) is 0 Å². The van der Waals surface area contributed by atoms with Crippen LogP contribution in [0.15, 0.2) is 12.2 Å². The molecule has 0 spiro atoms. The Balaban J connectivity index is 3.18. The molecule has 0 radical (unpaired) electrons. The fourth-order valence-corrected chi connectivity index (χ4v) is 1.52. The largest absolute Gasteiger partial charge is 0.393 e. The molecule has 1 heteroatoms. The average Bonchev–Trinajstić information content (AvgIpc) is 2.18. The van der Waals surface area contributed by atoms with E-state index in [9.17, 15) is 5.11 Å². The molecule has 0 unspecified atom stereocenters. The summed E-state index contributed by atoms with van der Waals surface area (Å²) in [6.45, 7) is 4.35. The molecular weight excluding hydrogens is 172 g/mol. The van der Waals surface area contributed by atoms with E-state index in [2.05, 4.69) is 26.0 Å². The molecule has 14 heavy (non-hydrogen) atoms. The van der Waals surface area contributed by atoms with Gasteiger partial charge in [0.15, 0.2) is 0 Å². The highest BCUT2D eigenvalue weighted by molar-refractivity contribution is 4.82. The maximum absolute atomic E-state index is 9.58. The van der Waals surface area contributed by atoms with Crippen LogP contribution in [0.1, 0.15) is 65.2 Å². The van der Waals surface area contributed by atoms with E-state index < -0.39 is 0 Å². The van der Waals surface area contributed by atoms with Crippen molar-refractivity contribution in [2.24, 2.45) is 0 Å². The van der Waals surface area contributed by atoms with Crippen molar-refractivity contribution >= 4 is 0 Å². The van der Waals surface area contributed by atoms with Crippen LogP contribution in [-0.2, 0) is 0 Å². The molecule has 0 saturated heterocycles. The summed E-state index contributed by atoms with van der Waals surface area (Å²) in [5, 5.41) is 9.58. The smallest absolute Gasteiger partial charge is 0.0574 e. The molecule has 0 fully saturated rings. The van der Waals surface area contributed by atoms with E-state index in [-0.39, 0.29) is 6.10 Å². The molecule has 1 nitrogen and oxygen atoms in total. The van der Waals surface area contributed by atoms with Crippen molar-refractivity contribution in [2.75, 3.05) is 0 Å². The van der Waals surface area contributed by atoms with Gasteiger partial charge in [-0.05, 0) is 19.3 Å². The minimum atomic E-state index is -0.112. The number of aliphatic hydroxyl groups excluding tert-OH is 1. The lowest BCUT2D eigenvalue weighted by Crippen LogP contribution is -2.04. The maximum Gasteiger partial charge on any atom is 0.0574 e. The highest BCUT2D eigenvalue weighted by Gasteiger charge is 2.00. The Morgan fingerprint density at radius 2 is 1.71 bits per heavy atom. The summed E-state index contributed by atoms with van der Waals surface area (Å²) in [6.07, 6.45) is 13.4. The number of rotatable bonds is 9. The molecule has 1 N–H and O–H groups in total. The van der Waals surface area contributed by atoms with Crippen LogP contribution in [0.25, 0.3) is 0 Å². The van der Waals surface area contributed by atoms with Gasteiger partial charge in [-0.3, -0.25) is 0 Å². The summed E-state index contributed by atoms with van der Waals surface area (Å²) in [4.78, 5) is 0. The van der Waals surface area contributed by atoms with E-state index in [0.29, 0.717) is 0 Å². The Labute approximate surface area is 89.2 Å². The Hall–Kier alpha value is -0.300. The van der Waals surface area contributed by atoms with Gasteiger partial charge in [-0.25, -0.2) is 0 Å². The Bertz CT molecular complexity index is 129. The van der Waals surface area contributed by atoms with Gasteiger partial charge < -0.3 is 5.11 Å². The summed E-state index contributed by atoms with van der Waals surface area (Å²) >= 11 is 0. The summed E-state index contributed by atoms with van der Waals surface area (Å²) < 4.78 is 0. The van der Waals surface area contributed by atoms with E-state index in [4.69, 9.17) is 0 Å². The fraction of sp³-hybridized carbons (Fsp3) is 0.846. The van der Waals surface area contributed by atoms with E-state index in [1.807, 2.05) is 0 Å². The van der Waals surface area contributed by atoms with Crippen LogP contribution in [-0.4, -0.2) is 11.2 Å². The maximum atomic E-state index is 9.58. The highest BCUT2D eigenvalue weighted by atomic mass is 16.3. The Morgan fingerprint density at radius 3 is 2.36 bits per heavy atom. The lowest BCUT2D eigenvalue weighted by molar-refractivity contribution is 0.163. The standard InChI is InChI=1S/C13H26O/c1-3-5-7-8-10-12-13(14)11-9-6-4-2/h6,9,13-14H,3-5,7-8,10-12H2,1-2H3/b9-6-/t13-/m1/s1. The molecule has 0 aromatic rings. The van der Waals surface area contributed by atoms with Gasteiger partial charge in [0.05, 0.1) is 6.10 Å². The zero-order valence-electron chi connectivity index (χ0n) is 9.84. The highest BCUT2D eigenvalue weighted by Crippen LogP contribution is 2.09. The molecule has 0 aliphatic carbocycles. The van der Waals surface area contributed by atoms with Gasteiger partial charge in [-0.2, -0.15) is 0 Å². The molecule has 0 aromatic carbocycles. The quantitative estimate of drug-likeness (QED) is 0.437. The lowest BCUT2D eigenvalue weighted by atomic mass is 10.1. The third kappa shape index (κ3) is 9.79. The van der Waals surface area contributed by atoms with E-state index in [0.717, 1.165) is 19.3 Å². The van der Waals surface area contributed by atoms with Crippen molar-refractivity contribution in [3.63, 3.8) is 0 Å². The number of hydrogen-bond donors (Lipinski definition) is 1. The second-order valence-electron chi connectivity index (χ2n) is 3.97. The molecule has 0 heterocycles. The van der Waals surface area contributed by atoms with Gasteiger partial charge in [-0.1, -0.05) is 58.1 Å². The summed E-state index contributed by atoms with van der Waals surface area (Å²) in [6, 6.07) is 0.